The fraction of sp³-hybridized carbons (Fsp3) is 0.500. The van der Waals surface area contributed by atoms with Gasteiger partial charge in [-0.1, -0.05) is 13.8 Å². The molecule has 0 atom stereocenters. The van der Waals surface area contributed by atoms with Gasteiger partial charge in [0, 0.05) is 12.6 Å². The zero-order chi connectivity index (χ0) is 12.7. The molecule has 17 heavy (non-hydrogen) atoms. The highest BCUT2D eigenvalue weighted by atomic mass is 16.5. The molecule has 0 aliphatic heterocycles. The molecule has 0 saturated heterocycles. The summed E-state index contributed by atoms with van der Waals surface area (Å²) in [7, 11) is 1.56. The van der Waals surface area contributed by atoms with Crippen molar-refractivity contribution < 1.29 is 9.53 Å². The minimum Gasteiger partial charge on any atom is -0.481 e. The SMILES string of the molecule is COc1ccc(NCC(=O)NCC(C)C)cn1. The summed E-state index contributed by atoms with van der Waals surface area (Å²) in [5.41, 5.74) is 0.797. The molecule has 0 aliphatic carbocycles. The Balaban J connectivity index is 2.31. The molecule has 1 aromatic rings. The minimum atomic E-state index is -0.0190. The molecule has 0 fully saturated rings. The number of hydrogen-bond donors (Lipinski definition) is 2. The Morgan fingerprint density at radius 1 is 1.47 bits per heavy atom. The number of anilines is 1. The van der Waals surface area contributed by atoms with Crippen LogP contribution < -0.4 is 15.4 Å². The summed E-state index contributed by atoms with van der Waals surface area (Å²) >= 11 is 0. The molecule has 5 nitrogen and oxygen atoms in total. The summed E-state index contributed by atoms with van der Waals surface area (Å²) in [6, 6.07) is 3.57. The van der Waals surface area contributed by atoms with Gasteiger partial charge in [0.15, 0.2) is 0 Å². The molecular formula is C12H19N3O2. The number of hydrogen-bond acceptors (Lipinski definition) is 4. The van der Waals surface area contributed by atoms with Crippen molar-refractivity contribution in [2.45, 2.75) is 13.8 Å². The van der Waals surface area contributed by atoms with E-state index in [1.165, 1.54) is 0 Å². The fourth-order valence-corrected chi connectivity index (χ4v) is 1.17. The third-order valence-electron chi connectivity index (χ3n) is 2.11. The molecule has 0 unspecified atom stereocenters. The lowest BCUT2D eigenvalue weighted by Crippen LogP contribution is -2.32. The van der Waals surface area contributed by atoms with Crippen molar-refractivity contribution in [3.05, 3.63) is 18.3 Å². The Morgan fingerprint density at radius 2 is 2.24 bits per heavy atom. The lowest BCUT2D eigenvalue weighted by molar-refractivity contribution is -0.119. The van der Waals surface area contributed by atoms with Gasteiger partial charge in [0.25, 0.3) is 0 Å². The number of methoxy groups -OCH3 is 1. The van der Waals surface area contributed by atoms with Crippen LogP contribution in [0.5, 0.6) is 5.88 Å². The fourth-order valence-electron chi connectivity index (χ4n) is 1.17. The number of nitrogens with zero attached hydrogens (tertiary/aromatic N) is 1. The van der Waals surface area contributed by atoms with Crippen molar-refractivity contribution in [3.63, 3.8) is 0 Å². The first-order valence-corrected chi connectivity index (χ1v) is 5.62. The predicted octanol–water partition coefficient (Wildman–Crippen LogP) is 1.27. The Kier molecular flexibility index (Phi) is 5.26. The van der Waals surface area contributed by atoms with Crippen molar-refractivity contribution >= 4 is 11.6 Å². The van der Waals surface area contributed by atoms with Gasteiger partial charge in [-0.25, -0.2) is 4.98 Å². The van der Waals surface area contributed by atoms with Crippen LogP contribution in [0.4, 0.5) is 5.69 Å². The van der Waals surface area contributed by atoms with Crippen LogP contribution in [0.2, 0.25) is 0 Å². The topological polar surface area (TPSA) is 63.2 Å². The minimum absolute atomic E-state index is 0.0190. The lowest BCUT2D eigenvalue weighted by atomic mass is 10.2. The van der Waals surface area contributed by atoms with Crippen LogP contribution in [0.3, 0.4) is 0 Å². The Labute approximate surface area is 102 Å². The molecule has 94 valence electrons. The highest BCUT2D eigenvalue weighted by Gasteiger charge is 2.02. The largest absolute Gasteiger partial charge is 0.481 e. The molecule has 0 bridgehead atoms. The summed E-state index contributed by atoms with van der Waals surface area (Å²) < 4.78 is 4.94. The molecule has 0 spiro atoms. The highest BCUT2D eigenvalue weighted by molar-refractivity contribution is 5.80. The number of aromatic nitrogens is 1. The first-order valence-electron chi connectivity index (χ1n) is 5.62. The monoisotopic (exact) mass is 237 g/mol. The summed E-state index contributed by atoms with van der Waals surface area (Å²) in [6.45, 7) is 5.06. The molecule has 5 heteroatoms. The van der Waals surface area contributed by atoms with E-state index in [1.54, 1.807) is 19.4 Å². The van der Waals surface area contributed by atoms with E-state index in [-0.39, 0.29) is 12.5 Å². The van der Waals surface area contributed by atoms with Gasteiger partial charge < -0.3 is 15.4 Å². The molecule has 1 aromatic heterocycles. The van der Waals surface area contributed by atoms with Gasteiger partial charge in [-0.3, -0.25) is 4.79 Å². The Hall–Kier alpha value is -1.78. The molecule has 1 amide bonds. The van der Waals surface area contributed by atoms with Crippen molar-refractivity contribution in [2.75, 3.05) is 25.5 Å². The van der Waals surface area contributed by atoms with E-state index < -0.39 is 0 Å². The normalized spacial score (nSPS) is 10.1. The van der Waals surface area contributed by atoms with Crippen molar-refractivity contribution in [2.24, 2.45) is 5.92 Å². The molecular weight excluding hydrogens is 218 g/mol. The smallest absolute Gasteiger partial charge is 0.239 e. The van der Waals surface area contributed by atoms with E-state index in [0.29, 0.717) is 18.3 Å². The predicted molar refractivity (Wildman–Crippen MR) is 67.1 cm³/mol. The first-order chi connectivity index (χ1) is 8.11. The summed E-state index contributed by atoms with van der Waals surface area (Å²) in [5.74, 6) is 0.996. The number of rotatable bonds is 6. The number of carbonyl (C=O) groups excluding carboxylic acids is 1. The zero-order valence-electron chi connectivity index (χ0n) is 10.5. The molecule has 0 aliphatic rings. The molecule has 1 heterocycles. The van der Waals surface area contributed by atoms with Gasteiger partial charge in [-0.05, 0) is 12.0 Å². The number of pyridine rings is 1. The molecule has 1 rings (SSSR count). The van der Waals surface area contributed by atoms with Gasteiger partial charge in [-0.2, -0.15) is 0 Å². The van der Waals surface area contributed by atoms with E-state index in [9.17, 15) is 4.79 Å². The number of carbonyl (C=O) groups is 1. The van der Waals surface area contributed by atoms with Gasteiger partial charge in [0.1, 0.15) is 0 Å². The van der Waals surface area contributed by atoms with Crippen LogP contribution in [0, 0.1) is 5.92 Å². The van der Waals surface area contributed by atoms with Crippen LogP contribution in [-0.2, 0) is 4.79 Å². The van der Waals surface area contributed by atoms with Gasteiger partial charge in [-0.15, -0.1) is 0 Å². The molecule has 0 aromatic carbocycles. The number of amides is 1. The quantitative estimate of drug-likeness (QED) is 0.782. The third kappa shape index (κ3) is 5.19. The second-order valence-corrected chi connectivity index (χ2v) is 4.14. The maximum atomic E-state index is 11.4. The summed E-state index contributed by atoms with van der Waals surface area (Å²) in [4.78, 5) is 15.5. The van der Waals surface area contributed by atoms with E-state index in [4.69, 9.17) is 4.74 Å². The van der Waals surface area contributed by atoms with Crippen LogP contribution in [0.1, 0.15) is 13.8 Å². The first kappa shape index (κ1) is 13.3. The zero-order valence-corrected chi connectivity index (χ0v) is 10.5. The lowest BCUT2D eigenvalue weighted by Gasteiger charge is -2.09. The van der Waals surface area contributed by atoms with E-state index in [0.717, 1.165) is 5.69 Å². The van der Waals surface area contributed by atoms with Crippen molar-refractivity contribution in [1.29, 1.82) is 0 Å². The number of nitrogens with one attached hydrogen (secondary N) is 2. The third-order valence-corrected chi connectivity index (χ3v) is 2.11. The van der Waals surface area contributed by atoms with Crippen molar-refractivity contribution in [3.8, 4) is 5.88 Å². The van der Waals surface area contributed by atoms with Gasteiger partial charge in [0.2, 0.25) is 11.8 Å². The summed E-state index contributed by atoms with van der Waals surface area (Å²) in [6.07, 6.45) is 1.63. The maximum Gasteiger partial charge on any atom is 0.239 e. The number of ether oxygens (including phenoxy) is 1. The molecule has 0 saturated carbocycles. The molecule has 2 N–H and O–H groups in total. The van der Waals surface area contributed by atoms with Crippen molar-refractivity contribution in [1.82, 2.24) is 10.3 Å². The highest BCUT2D eigenvalue weighted by Crippen LogP contribution is 2.10. The summed E-state index contributed by atoms with van der Waals surface area (Å²) in [5, 5.41) is 5.82. The Morgan fingerprint density at radius 3 is 2.76 bits per heavy atom. The van der Waals surface area contributed by atoms with E-state index >= 15 is 0 Å². The Bertz CT molecular complexity index is 349. The second kappa shape index (κ2) is 6.73. The van der Waals surface area contributed by atoms with Crippen LogP contribution >= 0.6 is 0 Å². The van der Waals surface area contributed by atoms with Gasteiger partial charge >= 0.3 is 0 Å². The van der Waals surface area contributed by atoms with Crippen LogP contribution in [-0.4, -0.2) is 31.1 Å². The standard InChI is InChI=1S/C12H19N3O2/c1-9(2)6-14-11(16)8-13-10-4-5-12(17-3)15-7-10/h4-5,7,9,13H,6,8H2,1-3H3,(H,14,16). The second-order valence-electron chi connectivity index (χ2n) is 4.14. The molecule has 0 radical (unpaired) electrons. The van der Waals surface area contributed by atoms with E-state index in [1.807, 2.05) is 6.07 Å². The van der Waals surface area contributed by atoms with Crippen LogP contribution in [0.25, 0.3) is 0 Å². The van der Waals surface area contributed by atoms with Crippen LogP contribution in [0.15, 0.2) is 18.3 Å². The van der Waals surface area contributed by atoms with E-state index in [2.05, 4.69) is 29.5 Å². The average Bonchev–Trinajstić information content (AvgIpc) is 2.34. The van der Waals surface area contributed by atoms with Gasteiger partial charge in [0.05, 0.1) is 25.5 Å². The maximum absolute atomic E-state index is 11.4. The average molecular weight is 237 g/mol.